The fourth-order valence-corrected chi connectivity index (χ4v) is 4.65. The predicted octanol–water partition coefficient (Wildman–Crippen LogP) is 4.50. The Balaban J connectivity index is 2.32. The molecule has 1 unspecified atom stereocenters. The van der Waals surface area contributed by atoms with Crippen LogP contribution in [0.15, 0.2) is 46.7 Å². The maximum absolute atomic E-state index is 12.4. The van der Waals surface area contributed by atoms with Gasteiger partial charge in [0.1, 0.15) is 0 Å². The molecule has 0 saturated carbocycles. The highest BCUT2D eigenvalue weighted by molar-refractivity contribution is 7.91. The lowest BCUT2D eigenvalue weighted by Crippen LogP contribution is -2.13. The van der Waals surface area contributed by atoms with Gasteiger partial charge in [-0.2, -0.15) is 0 Å². The molecule has 1 aromatic carbocycles. The third kappa shape index (κ3) is 3.86. The van der Waals surface area contributed by atoms with Crippen molar-refractivity contribution in [2.75, 3.05) is 11.1 Å². The SMILES string of the molecule is CCCS(=O)(=O)c1ccccc1NC(CC)c1cccs1. The Morgan fingerprint density at radius 2 is 1.90 bits per heavy atom. The van der Waals surface area contributed by atoms with E-state index >= 15 is 0 Å². The first-order valence-electron chi connectivity index (χ1n) is 7.20. The second-order valence-corrected chi connectivity index (χ2v) is 7.99. The smallest absolute Gasteiger partial charge is 0.180 e. The van der Waals surface area contributed by atoms with Gasteiger partial charge in [0, 0.05) is 4.88 Å². The topological polar surface area (TPSA) is 46.2 Å². The van der Waals surface area contributed by atoms with Gasteiger partial charge < -0.3 is 5.32 Å². The average molecular weight is 323 g/mol. The molecular weight excluding hydrogens is 302 g/mol. The third-order valence-corrected chi connectivity index (χ3v) is 6.28. The van der Waals surface area contributed by atoms with Crippen LogP contribution in [0.3, 0.4) is 0 Å². The number of thiophene rings is 1. The molecule has 5 heteroatoms. The van der Waals surface area contributed by atoms with Gasteiger partial charge in [-0.15, -0.1) is 11.3 Å². The van der Waals surface area contributed by atoms with E-state index < -0.39 is 9.84 Å². The standard InChI is InChI=1S/C16H21NO2S2/c1-3-12-21(18,19)16-10-6-5-8-14(16)17-13(4-2)15-9-7-11-20-15/h5-11,13,17H,3-4,12H2,1-2H3. The first kappa shape index (κ1) is 16.0. The molecule has 2 rings (SSSR count). The third-order valence-electron chi connectivity index (χ3n) is 3.32. The fourth-order valence-electron chi connectivity index (χ4n) is 2.29. The molecule has 0 saturated heterocycles. The number of para-hydroxylation sites is 1. The summed E-state index contributed by atoms with van der Waals surface area (Å²) in [7, 11) is -3.22. The van der Waals surface area contributed by atoms with E-state index in [1.54, 1.807) is 23.5 Å². The van der Waals surface area contributed by atoms with Crippen molar-refractivity contribution in [3.05, 3.63) is 46.7 Å². The van der Waals surface area contributed by atoms with Crippen molar-refractivity contribution < 1.29 is 8.42 Å². The van der Waals surface area contributed by atoms with Crippen LogP contribution >= 0.6 is 11.3 Å². The van der Waals surface area contributed by atoms with Crippen LogP contribution in [0, 0.1) is 0 Å². The maximum atomic E-state index is 12.4. The minimum absolute atomic E-state index is 0.142. The highest BCUT2D eigenvalue weighted by atomic mass is 32.2. The van der Waals surface area contributed by atoms with E-state index in [1.807, 2.05) is 30.5 Å². The average Bonchev–Trinajstić information content (AvgIpc) is 2.99. The molecular formula is C16H21NO2S2. The van der Waals surface area contributed by atoms with Crippen molar-refractivity contribution in [1.82, 2.24) is 0 Å². The molecule has 2 aromatic rings. The maximum Gasteiger partial charge on any atom is 0.180 e. The molecule has 0 bridgehead atoms. The van der Waals surface area contributed by atoms with Gasteiger partial charge in [0.05, 0.1) is 22.4 Å². The summed E-state index contributed by atoms with van der Waals surface area (Å²) < 4.78 is 24.7. The van der Waals surface area contributed by atoms with Crippen LogP contribution in [0.2, 0.25) is 0 Å². The molecule has 1 atom stereocenters. The quantitative estimate of drug-likeness (QED) is 0.816. The molecule has 1 heterocycles. The summed E-state index contributed by atoms with van der Waals surface area (Å²) in [4.78, 5) is 1.63. The Labute approximate surface area is 130 Å². The number of benzene rings is 1. The second-order valence-electron chi connectivity index (χ2n) is 4.94. The van der Waals surface area contributed by atoms with Crippen molar-refractivity contribution in [1.29, 1.82) is 0 Å². The van der Waals surface area contributed by atoms with E-state index in [2.05, 4.69) is 18.3 Å². The normalized spacial score (nSPS) is 13.0. The number of rotatable bonds is 7. The van der Waals surface area contributed by atoms with Crippen LogP contribution in [0.25, 0.3) is 0 Å². The zero-order valence-corrected chi connectivity index (χ0v) is 14.0. The van der Waals surface area contributed by atoms with E-state index in [-0.39, 0.29) is 11.8 Å². The van der Waals surface area contributed by atoms with Crippen molar-refractivity contribution in [3.8, 4) is 0 Å². The van der Waals surface area contributed by atoms with Crippen molar-refractivity contribution in [2.24, 2.45) is 0 Å². The molecule has 114 valence electrons. The monoisotopic (exact) mass is 323 g/mol. The van der Waals surface area contributed by atoms with E-state index in [9.17, 15) is 8.42 Å². The van der Waals surface area contributed by atoms with Crippen LogP contribution in [-0.2, 0) is 9.84 Å². The molecule has 1 N–H and O–H groups in total. The Morgan fingerprint density at radius 1 is 1.14 bits per heavy atom. The zero-order valence-electron chi connectivity index (χ0n) is 12.4. The first-order chi connectivity index (χ1) is 10.1. The van der Waals surface area contributed by atoms with E-state index in [0.717, 1.165) is 6.42 Å². The second kappa shape index (κ2) is 7.09. The molecule has 0 fully saturated rings. The lowest BCUT2D eigenvalue weighted by Gasteiger charge is -2.19. The van der Waals surface area contributed by atoms with Crippen molar-refractivity contribution >= 4 is 26.9 Å². The molecule has 0 amide bonds. The summed E-state index contributed by atoms with van der Waals surface area (Å²) in [6.07, 6.45) is 1.53. The summed E-state index contributed by atoms with van der Waals surface area (Å²) in [5.41, 5.74) is 0.700. The summed E-state index contributed by atoms with van der Waals surface area (Å²) >= 11 is 1.69. The molecule has 1 aromatic heterocycles. The summed E-state index contributed by atoms with van der Waals surface area (Å²) in [6, 6.07) is 11.4. The fraction of sp³-hybridized carbons (Fsp3) is 0.375. The lowest BCUT2D eigenvalue weighted by molar-refractivity contribution is 0.594. The van der Waals surface area contributed by atoms with Crippen LogP contribution in [0.1, 0.15) is 37.6 Å². The molecule has 0 radical (unpaired) electrons. The molecule has 3 nitrogen and oxygen atoms in total. The van der Waals surface area contributed by atoms with Gasteiger partial charge >= 0.3 is 0 Å². The largest absolute Gasteiger partial charge is 0.376 e. The lowest BCUT2D eigenvalue weighted by atomic mass is 10.1. The van der Waals surface area contributed by atoms with Crippen LogP contribution in [0.4, 0.5) is 5.69 Å². The zero-order chi connectivity index (χ0) is 15.3. The number of nitrogens with one attached hydrogen (secondary N) is 1. The van der Waals surface area contributed by atoms with Crippen molar-refractivity contribution in [3.63, 3.8) is 0 Å². The highest BCUT2D eigenvalue weighted by Gasteiger charge is 2.19. The molecule has 0 aliphatic carbocycles. The van der Waals surface area contributed by atoms with Gasteiger partial charge in [-0.3, -0.25) is 0 Å². The van der Waals surface area contributed by atoms with Crippen LogP contribution < -0.4 is 5.32 Å². The van der Waals surface area contributed by atoms with Gasteiger partial charge in [-0.25, -0.2) is 8.42 Å². The number of hydrogen-bond donors (Lipinski definition) is 1. The van der Waals surface area contributed by atoms with Crippen LogP contribution in [0.5, 0.6) is 0 Å². The Kier molecular flexibility index (Phi) is 5.42. The minimum Gasteiger partial charge on any atom is -0.376 e. The van der Waals surface area contributed by atoms with E-state index in [0.29, 0.717) is 17.0 Å². The van der Waals surface area contributed by atoms with Gasteiger partial charge in [-0.1, -0.05) is 32.0 Å². The van der Waals surface area contributed by atoms with E-state index in [4.69, 9.17) is 0 Å². The minimum atomic E-state index is -3.22. The van der Waals surface area contributed by atoms with Gasteiger partial charge in [-0.05, 0) is 36.4 Å². The Bertz CT molecular complexity index is 663. The highest BCUT2D eigenvalue weighted by Crippen LogP contribution is 2.30. The van der Waals surface area contributed by atoms with Gasteiger partial charge in [0.15, 0.2) is 9.84 Å². The Morgan fingerprint density at radius 3 is 2.52 bits per heavy atom. The van der Waals surface area contributed by atoms with Gasteiger partial charge in [0.2, 0.25) is 0 Å². The summed E-state index contributed by atoms with van der Waals surface area (Å²) in [5.74, 6) is 0.182. The van der Waals surface area contributed by atoms with E-state index in [1.165, 1.54) is 4.88 Å². The molecule has 0 spiro atoms. The summed E-state index contributed by atoms with van der Waals surface area (Å²) in [6.45, 7) is 3.98. The predicted molar refractivity (Wildman–Crippen MR) is 89.8 cm³/mol. The molecule has 0 aliphatic rings. The first-order valence-corrected chi connectivity index (χ1v) is 9.73. The Hall–Kier alpha value is -1.33. The number of hydrogen-bond acceptors (Lipinski definition) is 4. The summed E-state index contributed by atoms with van der Waals surface area (Å²) in [5, 5.41) is 5.44. The van der Waals surface area contributed by atoms with Crippen LogP contribution in [-0.4, -0.2) is 14.2 Å². The number of sulfone groups is 1. The van der Waals surface area contributed by atoms with Crippen molar-refractivity contribution in [2.45, 2.75) is 37.6 Å². The number of anilines is 1. The molecule has 0 aliphatic heterocycles. The van der Waals surface area contributed by atoms with Gasteiger partial charge in [0.25, 0.3) is 0 Å². The molecule has 21 heavy (non-hydrogen) atoms.